The number of nitrogens with zero attached hydrogens (tertiary/aromatic N) is 2. The number of nitrogens with one attached hydrogen (secondary N) is 2. The lowest BCUT2D eigenvalue weighted by Crippen LogP contribution is -2.23. The molecule has 0 radical (unpaired) electrons. The van der Waals surface area contributed by atoms with Gasteiger partial charge in [0, 0.05) is 31.2 Å². The number of hydrogen-bond donors (Lipinski definition) is 3. The Morgan fingerprint density at radius 1 is 1.10 bits per heavy atom. The number of hydrogen-bond acceptors (Lipinski definition) is 4. The van der Waals surface area contributed by atoms with E-state index in [0.29, 0.717) is 12.5 Å². The van der Waals surface area contributed by atoms with Crippen molar-refractivity contribution in [2.75, 3.05) is 18.4 Å². The summed E-state index contributed by atoms with van der Waals surface area (Å²) in [4.78, 5) is 16.7. The molecule has 0 fully saturated rings. The molecule has 3 rings (SSSR count). The van der Waals surface area contributed by atoms with E-state index in [9.17, 15) is 9.90 Å². The second-order valence-electron chi connectivity index (χ2n) is 8.19. The van der Waals surface area contributed by atoms with Crippen LogP contribution in [0.1, 0.15) is 36.9 Å². The minimum atomic E-state index is -0.505. The fourth-order valence-electron chi connectivity index (χ4n) is 3.43. The molecule has 1 unspecified atom stereocenters. The van der Waals surface area contributed by atoms with E-state index in [2.05, 4.69) is 29.5 Å². The largest absolute Gasteiger partial charge is 0.387 e. The van der Waals surface area contributed by atoms with Gasteiger partial charge < -0.3 is 20.3 Å². The van der Waals surface area contributed by atoms with Gasteiger partial charge >= 0.3 is 0 Å². The first-order chi connectivity index (χ1) is 15.0. The van der Waals surface area contributed by atoms with Crippen molar-refractivity contribution in [2.24, 2.45) is 5.92 Å². The molecule has 0 aliphatic heterocycles. The van der Waals surface area contributed by atoms with Gasteiger partial charge in [-0.25, -0.2) is 4.98 Å². The number of carbonyl (C=O) groups is 1. The molecular formula is C25H32N4O2. The van der Waals surface area contributed by atoms with Gasteiger partial charge in [0.25, 0.3) is 0 Å². The number of aliphatic hydroxyl groups is 1. The Hall–Kier alpha value is -2.96. The first kappa shape index (κ1) is 22.7. The summed E-state index contributed by atoms with van der Waals surface area (Å²) in [7, 11) is 0. The molecule has 3 aromatic rings. The van der Waals surface area contributed by atoms with Gasteiger partial charge in [-0.2, -0.15) is 0 Å². The molecule has 0 aliphatic rings. The van der Waals surface area contributed by atoms with Crippen molar-refractivity contribution >= 4 is 11.6 Å². The molecule has 2 aromatic carbocycles. The average molecular weight is 421 g/mol. The van der Waals surface area contributed by atoms with E-state index in [1.54, 1.807) is 6.20 Å². The second-order valence-corrected chi connectivity index (χ2v) is 8.19. The summed E-state index contributed by atoms with van der Waals surface area (Å²) in [6.07, 6.45) is 4.27. The van der Waals surface area contributed by atoms with E-state index >= 15 is 0 Å². The predicted octanol–water partition coefficient (Wildman–Crippen LogP) is 3.59. The van der Waals surface area contributed by atoms with E-state index in [1.165, 1.54) is 5.56 Å². The highest BCUT2D eigenvalue weighted by molar-refractivity contribution is 5.91. The van der Waals surface area contributed by atoms with Crippen LogP contribution in [0.15, 0.2) is 67.0 Å². The molecule has 0 saturated carbocycles. The molecule has 1 atom stereocenters. The van der Waals surface area contributed by atoms with Gasteiger partial charge in [-0.15, -0.1) is 0 Å². The molecular weight excluding hydrogens is 388 g/mol. The third kappa shape index (κ3) is 7.35. The summed E-state index contributed by atoms with van der Waals surface area (Å²) in [5.41, 5.74) is 2.87. The van der Waals surface area contributed by atoms with Crippen LogP contribution in [0.5, 0.6) is 0 Å². The second kappa shape index (κ2) is 11.4. The first-order valence-corrected chi connectivity index (χ1v) is 10.8. The topological polar surface area (TPSA) is 79.2 Å². The minimum absolute atomic E-state index is 0.0690. The van der Waals surface area contributed by atoms with Crippen LogP contribution >= 0.6 is 0 Å². The highest BCUT2D eigenvalue weighted by atomic mass is 16.3. The first-order valence-electron chi connectivity index (χ1n) is 10.8. The van der Waals surface area contributed by atoms with Crippen LogP contribution in [0, 0.1) is 5.92 Å². The molecule has 6 heteroatoms. The maximum absolute atomic E-state index is 12.4. The van der Waals surface area contributed by atoms with Crippen molar-refractivity contribution in [1.82, 2.24) is 14.9 Å². The van der Waals surface area contributed by atoms with E-state index in [4.69, 9.17) is 0 Å². The number of aromatic nitrogens is 2. The standard InChI is InChI=1S/C25H32N4O2/c1-19(2)18-29-15-14-27-24(29)16-25(31)28-22-10-8-20(9-11-22)12-13-26-17-23(30)21-6-4-3-5-7-21/h3-11,14-15,19,23,26,30H,12-13,16-18H2,1-2H3,(H,28,31). The molecule has 0 spiro atoms. The predicted molar refractivity (Wildman–Crippen MR) is 124 cm³/mol. The number of anilines is 1. The lowest BCUT2D eigenvalue weighted by atomic mass is 10.1. The van der Waals surface area contributed by atoms with Crippen LogP contribution in [0.25, 0.3) is 0 Å². The van der Waals surface area contributed by atoms with E-state index in [1.807, 2.05) is 65.4 Å². The van der Waals surface area contributed by atoms with Crippen molar-refractivity contribution < 1.29 is 9.90 Å². The molecule has 3 N–H and O–H groups in total. The molecule has 31 heavy (non-hydrogen) atoms. The highest BCUT2D eigenvalue weighted by Gasteiger charge is 2.11. The maximum atomic E-state index is 12.4. The van der Waals surface area contributed by atoms with Crippen molar-refractivity contribution in [3.05, 3.63) is 83.9 Å². The van der Waals surface area contributed by atoms with Crippen LogP contribution in [0.2, 0.25) is 0 Å². The number of imidazole rings is 1. The molecule has 6 nitrogen and oxygen atoms in total. The molecule has 1 heterocycles. The third-order valence-corrected chi connectivity index (χ3v) is 5.03. The Labute approximate surface area is 184 Å². The smallest absolute Gasteiger partial charge is 0.231 e. The van der Waals surface area contributed by atoms with Gasteiger partial charge in [0.1, 0.15) is 5.82 Å². The normalized spacial score (nSPS) is 12.1. The summed E-state index contributed by atoms with van der Waals surface area (Å²) in [5, 5.41) is 16.4. The van der Waals surface area contributed by atoms with Crippen molar-refractivity contribution in [1.29, 1.82) is 0 Å². The lowest BCUT2D eigenvalue weighted by Gasteiger charge is -2.12. The molecule has 1 aromatic heterocycles. The number of carbonyl (C=O) groups excluding carboxylic acids is 1. The van der Waals surface area contributed by atoms with Gasteiger partial charge in [0.2, 0.25) is 5.91 Å². The average Bonchev–Trinajstić information content (AvgIpc) is 3.18. The van der Waals surface area contributed by atoms with Gasteiger partial charge in [-0.1, -0.05) is 56.3 Å². The van der Waals surface area contributed by atoms with Crippen LogP contribution in [0.3, 0.4) is 0 Å². The summed E-state index contributed by atoms with van der Waals surface area (Å²) in [6.45, 7) is 6.44. The zero-order chi connectivity index (χ0) is 22.1. The van der Waals surface area contributed by atoms with E-state index in [0.717, 1.165) is 36.6 Å². The SMILES string of the molecule is CC(C)Cn1ccnc1CC(=O)Nc1ccc(CCNCC(O)c2ccccc2)cc1. The van der Waals surface area contributed by atoms with E-state index in [-0.39, 0.29) is 12.3 Å². The third-order valence-electron chi connectivity index (χ3n) is 5.03. The zero-order valence-electron chi connectivity index (χ0n) is 18.3. The molecule has 164 valence electrons. The van der Waals surface area contributed by atoms with Crippen LogP contribution in [-0.4, -0.2) is 33.7 Å². The molecule has 1 amide bonds. The van der Waals surface area contributed by atoms with Crippen LogP contribution in [0.4, 0.5) is 5.69 Å². The Kier molecular flexibility index (Phi) is 8.38. The van der Waals surface area contributed by atoms with E-state index < -0.39 is 6.10 Å². The Bertz CT molecular complexity index is 936. The van der Waals surface area contributed by atoms with Crippen molar-refractivity contribution in [2.45, 2.75) is 39.3 Å². The number of amides is 1. The van der Waals surface area contributed by atoms with Gasteiger partial charge in [0.05, 0.1) is 12.5 Å². The Morgan fingerprint density at radius 3 is 2.55 bits per heavy atom. The molecule has 0 aliphatic carbocycles. The number of aliphatic hydroxyl groups excluding tert-OH is 1. The van der Waals surface area contributed by atoms with Gasteiger partial charge in [-0.05, 0) is 42.1 Å². The summed E-state index contributed by atoms with van der Waals surface area (Å²) in [6, 6.07) is 17.5. The van der Waals surface area contributed by atoms with Gasteiger partial charge in [-0.3, -0.25) is 4.79 Å². The Balaban J connectivity index is 1.41. The number of rotatable bonds is 11. The zero-order valence-corrected chi connectivity index (χ0v) is 18.3. The monoisotopic (exact) mass is 420 g/mol. The van der Waals surface area contributed by atoms with Crippen LogP contribution < -0.4 is 10.6 Å². The molecule has 0 saturated heterocycles. The summed E-state index contributed by atoms with van der Waals surface area (Å²) in [5.74, 6) is 1.21. The van der Waals surface area contributed by atoms with Crippen LogP contribution in [-0.2, 0) is 24.2 Å². The summed E-state index contributed by atoms with van der Waals surface area (Å²) < 4.78 is 2.04. The lowest BCUT2D eigenvalue weighted by molar-refractivity contribution is -0.115. The fourth-order valence-corrected chi connectivity index (χ4v) is 3.43. The summed E-state index contributed by atoms with van der Waals surface area (Å²) >= 11 is 0. The molecule has 0 bridgehead atoms. The van der Waals surface area contributed by atoms with Crippen molar-refractivity contribution in [3.63, 3.8) is 0 Å². The quantitative estimate of drug-likeness (QED) is 0.414. The Morgan fingerprint density at radius 2 is 1.84 bits per heavy atom. The van der Waals surface area contributed by atoms with Gasteiger partial charge in [0.15, 0.2) is 0 Å². The minimum Gasteiger partial charge on any atom is -0.387 e. The maximum Gasteiger partial charge on any atom is 0.231 e. The highest BCUT2D eigenvalue weighted by Crippen LogP contribution is 2.13. The number of benzene rings is 2. The fraction of sp³-hybridized carbons (Fsp3) is 0.360. The van der Waals surface area contributed by atoms with Crippen molar-refractivity contribution in [3.8, 4) is 0 Å².